The highest BCUT2D eigenvalue weighted by atomic mass is 31.0. The van der Waals surface area contributed by atoms with E-state index in [0.29, 0.717) is 19.4 Å². The Bertz CT molecular complexity index is 363. The Labute approximate surface area is 98.3 Å². The third kappa shape index (κ3) is 3.82. The zero-order valence-electron chi connectivity index (χ0n) is 9.66. The molecular formula is C12H17O3P. The van der Waals surface area contributed by atoms with Crippen molar-refractivity contribution < 1.29 is 14.3 Å². The Hall–Kier alpha value is -1.08. The first-order valence-corrected chi connectivity index (χ1v) is 5.83. The fourth-order valence-corrected chi connectivity index (χ4v) is 1.72. The minimum Gasteiger partial charge on any atom is -0.497 e. The minimum absolute atomic E-state index is 0.158. The summed E-state index contributed by atoms with van der Waals surface area (Å²) in [6, 6.07) is 5.81. The lowest BCUT2D eigenvalue weighted by Gasteiger charge is -2.07. The summed E-state index contributed by atoms with van der Waals surface area (Å²) < 4.78 is 10.0. The van der Waals surface area contributed by atoms with Gasteiger partial charge in [0.15, 0.2) is 0 Å². The monoisotopic (exact) mass is 240 g/mol. The summed E-state index contributed by atoms with van der Waals surface area (Å²) in [4.78, 5) is 11.2. The van der Waals surface area contributed by atoms with Gasteiger partial charge in [-0.25, -0.2) is 0 Å². The number of carbonyl (C=O) groups excluding carboxylic acids is 1. The van der Waals surface area contributed by atoms with Crippen LogP contribution in [0, 0.1) is 0 Å². The molecule has 0 saturated carbocycles. The van der Waals surface area contributed by atoms with Crippen molar-refractivity contribution >= 4 is 20.5 Å². The lowest BCUT2D eigenvalue weighted by molar-refractivity contribution is -0.143. The summed E-state index contributed by atoms with van der Waals surface area (Å²) in [5.41, 5.74) is 1.09. The van der Waals surface area contributed by atoms with Crippen LogP contribution in [0.2, 0.25) is 0 Å². The highest BCUT2D eigenvalue weighted by Gasteiger charge is 2.05. The summed E-state index contributed by atoms with van der Waals surface area (Å²) >= 11 is 0. The quantitative estimate of drug-likeness (QED) is 0.580. The second-order valence-corrected chi connectivity index (χ2v) is 3.99. The lowest BCUT2D eigenvalue weighted by Crippen LogP contribution is -2.09. The molecule has 0 heterocycles. The van der Waals surface area contributed by atoms with Crippen LogP contribution in [0.1, 0.15) is 18.9 Å². The number of ether oxygens (including phenoxy) is 2. The molecule has 0 fully saturated rings. The molecule has 16 heavy (non-hydrogen) atoms. The topological polar surface area (TPSA) is 35.5 Å². The van der Waals surface area contributed by atoms with Crippen molar-refractivity contribution in [3.05, 3.63) is 23.8 Å². The van der Waals surface area contributed by atoms with Crippen LogP contribution >= 0.6 is 9.24 Å². The Balaban J connectivity index is 2.62. The molecule has 4 heteroatoms. The average Bonchev–Trinajstić information content (AvgIpc) is 2.28. The van der Waals surface area contributed by atoms with Crippen molar-refractivity contribution in [3.63, 3.8) is 0 Å². The molecule has 1 rings (SSSR count). The van der Waals surface area contributed by atoms with Crippen LogP contribution in [0.5, 0.6) is 5.75 Å². The second kappa shape index (κ2) is 6.49. The predicted octanol–water partition coefficient (Wildman–Crippen LogP) is 1.69. The predicted molar refractivity (Wildman–Crippen MR) is 67.3 cm³/mol. The normalized spacial score (nSPS) is 9.94. The molecule has 0 aliphatic rings. The molecule has 1 unspecified atom stereocenters. The maximum absolute atomic E-state index is 11.2. The molecule has 0 amide bonds. The zero-order chi connectivity index (χ0) is 12.0. The highest BCUT2D eigenvalue weighted by Crippen LogP contribution is 2.14. The summed E-state index contributed by atoms with van der Waals surface area (Å²) in [6.07, 6.45) is 1.08. The molecular weight excluding hydrogens is 223 g/mol. The maximum Gasteiger partial charge on any atom is 0.306 e. The molecule has 0 spiro atoms. The molecule has 3 nitrogen and oxygen atoms in total. The van der Waals surface area contributed by atoms with Crippen molar-refractivity contribution in [1.29, 1.82) is 0 Å². The van der Waals surface area contributed by atoms with E-state index in [0.717, 1.165) is 16.6 Å². The van der Waals surface area contributed by atoms with Gasteiger partial charge in [0.25, 0.3) is 0 Å². The molecule has 1 aromatic carbocycles. The number of hydrogen-bond acceptors (Lipinski definition) is 3. The highest BCUT2D eigenvalue weighted by molar-refractivity contribution is 7.27. The number of benzene rings is 1. The molecule has 1 atom stereocenters. The van der Waals surface area contributed by atoms with Gasteiger partial charge in [-0.3, -0.25) is 4.79 Å². The van der Waals surface area contributed by atoms with Crippen LogP contribution in [0.3, 0.4) is 0 Å². The summed E-state index contributed by atoms with van der Waals surface area (Å²) in [7, 11) is 4.29. The van der Waals surface area contributed by atoms with Crippen molar-refractivity contribution in [3.8, 4) is 5.75 Å². The first-order valence-electron chi connectivity index (χ1n) is 5.25. The number of carbonyl (C=O) groups is 1. The Morgan fingerprint density at radius 2 is 2.19 bits per heavy atom. The van der Waals surface area contributed by atoms with Gasteiger partial charge in [0.2, 0.25) is 0 Å². The number of esters is 1. The van der Waals surface area contributed by atoms with Crippen molar-refractivity contribution in [2.45, 2.75) is 19.8 Å². The SMILES string of the molecule is CCOC(=O)CCc1cc(OC)ccc1P. The molecule has 0 aromatic heterocycles. The van der Waals surface area contributed by atoms with Gasteiger partial charge in [0, 0.05) is 6.42 Å². The van der Waals surface area contributed by atoms with Crippen LogP contribution in [0.4, 0.5) is 0 Å². The van der Waals surface area contributed by atoms with Crippen LogP contribution in [0.15, 0.2) is 18.2 Å². The summed E-state index contributed by atoms with van der Waals surface area (Å²) in [5.74, 6) is 0.653. The van der Waals surface area contributed by atoms with E-state index in [1.165, 1.54) is 0 Å². The van der Waals surface area contributed by atoms with Crippen molar-refractivity contribution in [2.75, 3.05) is 13.7 Å². The van der Waals surface area contributed by atoms with Gasteiger partial charge in [-0.1, -0.05) is 6.07 Å². The fraction of sp³-hybridized carbons (Fsp3) is 0.417. The van der Waals surface area contributed by atoms with E-state index >= 15 is 0 Å². The third-order valence-electron chi connectivity index (χ3n) is 2.25. The number of aryl methyl sites for hydroxylation is 1. The summed E-state index contributed by atoms with van der Waals surface area (Å²) in [5, 5.41) is 1.09. The van der Waals surface area contributed by atoms with Crippen LogP contribution in [-0.4, -0.2) is 19.7 Å². The summed E-state index contributed by atoms with van der Waals surface area (Å²) in [6.45, 7) is 2.25. The molecule has 0 radical (unpaired) electrons. The maximum atomic E-state index is 11.2. The first-order chi connectivity index (χ1) is 7.67. The number of methoxy groups -OCH3 is 1. The van der Waals surface area contributed by atoms with Gasteiger partial charge in [-0.15, -0.1) is 9.24 Å². The standard InChI is InChI=1S/C12H17O3P/c1-3-15-12(13)7-4-9-8-10(14-2)5-6-11(9)16/h5-6,8H,3-4,7,16H2,1-2H3. The third-order valence-corrected chi connectivity index (χ3v) is 2.82. The van der Waals surface area contributed by atoms with Gasteiger partial charge in [0.1, 0.15) is 5.75 Å². The Kier molecular flexibility index (Phi) is 5.27. The van der Waals surface area contributed by atoms with E-state index in [-0.39, 0.29) is 5.97 Å². The Morgan fingerprint density at radius 3 is 2.81 bits per heavy atom. The first kappa shape index (κ1) is 13.0. The molecule has 0 aliphatic heterocycles. The molecule has 0 N–H and O–H groups in total. The number of rotatable bonds is 5. The van der Waals surface area contributed by atoms with Crippen LogP contribution in [0.25, 0.3) is 0 Å². The molecule has 88 valence electrons. The smallest absolute Gasteiger partial charge is 0.306 e. The van der Waals surface area contributed by atoms with Crippen molar-refractivity contribution in [1.82, 2.24) is 0 Å². The zero-order valence-corrected chi connectivity index (χ0v) is 10.8. The van der Waals surface area contributed by atoms with Gasteiger partial charge in [0.05, 0.1) is 13.7 Å². The van der Waals surface area contributed by atoms with Gasteiger partial charge in [-0.2, -0.15) is 0 Å². The minimum atomic E-state index is -0.158. The molecule has 1 aromatic rings. The van der Waals surface area contributed by atoms with Crippen LogP contribution < -0.4 is 10.0 Å². The lowest BCUT2D eigenvalue weighted by atomic mass is 10.1. The molecule has 0 saturated heterocycles. The number of hydrogen-bond donors (Lipinski definition) is 0. The van der Waals surface area contributed by atoms with E-state index < -0.39 is 0 Å². The van der Waals surface area contributed by atoms with Gasteiger partial charge in [-0.05, 0) is 36.3 Å². The van der Waals surface area contributed by atoms with Gasteiger partial charge < -0.3 is 9.47 Å². The van der Waals surface area contributed by atoms with Crippen LogP contribution in [-0.2, 0) is 16.0 Å². The van der Waals surface area contributed by atoms with Crippen molar-refractivity contribution in [2.24, 2.45) is 0 Å². The van der Waals surface area contributed by atoms with Gasteiger partial charge >= 0.3 is 5.97 Å². The molecule has 0 bridgehead atoms. The average molecular weight is 240 g/mol. The van der Waals surface area contributed by atoms with E-state index in [2.05, 4.69) is 9.24 Å². The van der Waals surface area contributed by atoms with E-state index in [9.17, 15) is 4.79 Å². The van der Waals surface area contributed by atoms with E-state index in [1.54, 1.807) is 7.11 Å². The molecule has 0 aliphatic carbocycles. The fourth-order valence-electron chi connectivity index (χ4n) is 1.40. The van der Waals surface area contributed by atoms with E-state index in [4.69, 9.17) is 9.47 Å². The largest absolute Gasteiger partial charge is 0.497 e. The Morgan fingerprint density at radius 1 is 1.44 bits per heavy atom. The second-order valence-electron chi connectivity index (χ2n) is 3.37. The van der Waals surface area contributed by atoms with E-state index in [1.807, 2.05) is 25.1 Å².